The van der Waals surface area contributed by atoms with Gasteiger partial charge in [0.1, 0.15) is 17.6 Å². The summed E-state index contributed by atoms with van der Waals surface area (Å²) in [4.78, 5) is 20.9. The van der Waals surface area contributed by atoms with Crippen molar-refractivity contribution in [2.75, 3.05) is 37.0 Å². The molecule has 2 aliphatic rings. The fraction of sp³-hybridized carbons (Fsp3) is 0.267. The predicted molar refractivity (Wildman–Crippen MR) is 147 cm³/mol. The molecule has 0 bridgehead atoms. The lowest BCUT2D eigenvalue weighted by molar-refractivity contribution is 0.0384. The first-order valence-corrected chi connectivity index (χ1v) is 12.8. The van der Waals surface area contributed by atoms with Crippen LogP contribution in [-0.4, -0.2) is 36.8 Å². The smallest absolute Gasteiger partial charge is 0.249 e. The van der Waals surface area contributed by atoms with E-state index in [0.717, 1.165) is 58.1 Å². The zero-order chi connectivity index (χ0) is 26.1. The Kier molecular flexibility index (Phi) is 6.47. The fourth-order valence-electron chi connectivity index (χ4n) is 5.18. The zero-order valence-corrected chi connectivity index (χ0v) is 21.4. The molecular formula is C30H30N4O4. The molecule has 0 saturated carbocycles. The number of nitrogens with one attached hydrogen (secondary N) is 2. The maximum absolute atomic E-state index is 11.8. The molecule has 0 amide bonds. The van der Waals surface area contributed by atoms with Crippen LogP contribution in [0.25, 0.3) is 0 Å². The highest BCUT2D eigenvalue weighted by Gasteiger charge is 2.29. The van der Waals surface area contributed by atoms with Crippen molar-refractivity contribution < 1.29 is 14.2 Å². The monoisotopic (exact) mass is 510 g/mol. The van der Waals surface area contributed by atoms with E-state index in [9.17, 15) is 4.79 Å². The Bertz CT molecular complexity index is 1520. The number of rotatable bonds is 6. The number of para-hydroxylation sites is 1. The summed E-state index contributed by atoms with van der Waals surface area (Å²) in [5.41, 5.74) is 6.22. The Balaban J connectivity index is 1.21. The number of aromatic nitrogens is 2. The lowest BCUT2D eigenvalue weighted by Gasteiger charge is -2.36. The van der Waals surface area contributed by atoms with Gasteiger partial charge >= 0.3 is 0 Å². The van der Waals surface area contributed by atoms with Crippen LogP contribution in [0.4, 0.5) is 11.4 Å². The lowest BCUT2D eigenvalue weighted by atomic mass is 9.95. The molecule has 8 nitrogen and oxygen atoms in total. The summed E-state index contributed by atoms with van der Waals surface area (Å²) in [6.07, 6.45) is 4.06. The van der Waals surface area contributed by atoms with Crippen LogP contribution in [0.2, 0.25) is 0 Å². The van der Waals surface area contributed by atoms with Gasteiger partial charge in [-0.05, 0) is 48.4 Å². The van der Waals surface area contributed by atoms with Gasteiger partial charge in [0.25, 0.3) is 0 Å². The molecule has 2 N–H and O–H groups in total. The molecule has 2 atom stereocenters. The molecule has 38 heavy (non-hydrogen) atoms. The largest absolute Gasteiger partial charge is 0.481 e. The number of hydrogen-bond acceptors (Lipinski definition) is 7. The van der Waals surface area contributed by atoms with E-state index in [1.165, 1.54) is 0 Å². The molecule has 2 aromatic carbocycles. The molecule has 1 saturated heterocycles. The van der Waals surface area contributed by atoms with Gasteiger partial charge in [-0.1, -0.05) is 18.2 Å². The van der Waals surface area contributed by atoms with E-state index in [1.807, 2.05) is 30.3 Å². The number of nitrogens with zero attached hydrogens (tertiary/aromatic N) is 2. The van der Waals surface area contributed by atoms with E-state index in [-0.39, 0.29) is 17.7 Å². The normalized spacial score (nSPS) is 17.1. The van der Waals surface area contributed by atoms with Gasteiger partial charge in [-0.3, -0.25) is 4.79 Å². The molecule has 2 aliphatic heterocycles. The summed E-state index contributed by atoms with van der Waals surface area (Å²) >= 11 is 0. The van der Waals surface area contributed by atoms with Crippen molar-refractivity contribution in [3.8, 4) is 17.4 Å². The van der Waals surface area contributed by atoms with E-state index in [4.69, 9.17) is 14.2 Å². The molecule has 4 heterocycles. The highest BCUT2D eigenvalue weighted by atomic mass is 16.5. The minimum atomic E-state index is -0.154. The molecule has 6 rings (SSSR count). The molecule has 1 fully saturated rings. The topological polar surface area (TPSA) is 88.7 Å². The fourth-order valence-corrected chi connectivity index (χ4v) is 5.18. The molecule has 4 aromatic rings. The summed E-state index contributed by atoms with van der Waals surface area (Å²) in [7, 11) is 1.62. The average molecular weight is 511 g/mol. The van der Waals surface area contributed by atoms with E-state index in [2.05, 4.69) is 51.4 Å². The van der Waals surface area contributed by atoms with Crippen molar-refractivity contribution in [3.63, 3.8) is 0 Å². The maximum Gasteiger partial charge on any atom is 0.249 e. The van der Waals surface area contributed by atoms with Crippen LogP contribution in [0.1, 0.15) is 41.3 Å². The maximum atomic E-state index is 11.8. The summed E-state index contributed by atoms with van der Waals surface area (Å²) < 4.78 is 17.9. The van der Waals surface area contributed by atoms with Crippen LogP contribution in [0, 0.1) is 0 Å². The third kappa shape index (κ3) is 4.82. The number of methoxy groups -OCH3 is 1. The van der Waals surface area contributed by atoms with Crippen LogP contribution in [0.3, 0.4) is 0 Å². The van der Waals surface area contributed by atoms with Crippen LogP contribution >= 0.6 is 0 Å². The molecular weight excluding hydrogens is 480 g/mol. The van der Waals surface area contributed by atoms with Crippen molar-refractivity contribution in [1.29, 1.82) is 0 Å². The van der Waals surface area contributed by atoms with Crippen LogP contribution < -0.4 is 25.2 Å². The summed E-state index contributed by atoms with van der Waals surface area (Å²) in [6.45, 7) is 4.08. The van der Waals surface area contributed by atoms with Gasteiger partial charge in [0.2, 0.25) is 11.4 Å². The zero-order valence-electron chi connectivity index (χ0n) is 21.4. The number of pyridine rings is 2. The highest BCUT2D eigenvalue weighted by molar-refractivity contribution is 5.59. The Hall–Kier alpha value is -4.30. The number of benzene rings is 2. The standard InChI is InChI=1S/C30H30N4O4/c1-19(20-8-10-32-29(16-20)36-2)33-23-6-7-26-22(15-23)14-21-4-3-5-25(30(21)38-26)27-18-34(12-13-37-27)24-9-11-31-28(35)17-24/h3-11,15-17,19,27,33H,12-14,18H2,1-2H3,(H,31,35). The van der Waals surface area contributed by atoms with Crippen LogP contribution in [0.5, 0.6) is 17.4 Å². The molecule has 2 unspecified atom stereocenters. The predicted octanol–water partition coefficient (Wildman–Crippen LogP) is 5.23. The third-order valence-corrected chi connectivity index (χ3v) is 7.17. The van der Waals surface area contributed by atoms with Gasteiger partial charge < -0.3 is 29.4 Å². The molecule has 0 aliphatic carbocycles. The Morgan fingerprint density at radius 3 is 2.92 bits per heavy atom. The molecule has 8 heteroatoms. The van der Waals surface area contributed by atoms with Gasteiger partial charge in [0.05, 0.1) is 13.7 Å². The number of ether oxygens (including phenoxy) is 3. The van der Waals surface area contributed by atoms with E-state index >= 15 is 0 Å². The number of H-pyrrole nitrogens is 1. The quantitative estimate of drug-likeness (QED) is 0.324. The SMILES string of the molecule is COc1cc(C(C)Nc2ccc3c(c2)Cc2cccc(C4CN(c5cc[nH]c(=O)c5)CCO4)c2O3)ccn1. The van der Waals surface area contributed by atoms with Crippen LogP contribution in [0.15, 0.2) is 77.9 Å². The number of anilines is 2. The first kappa shape index (κ1) is 24.1. The molecule has 0 spiro atoms. The Labute approximate surface area is 221 Å². The van der Waals surface area contributed by atoms with Crippen molar-refractivity contribution in [3.05, 3.63) is 106 Å². The van der Waals surface area contributed by atoms with E-state index in [1.54, 1.807) is 25.6 Å². The summed E-state index contributed by atoms with van der Waals surface area (Å²) in [5.74, 6) is 2.33. The van der Waals surface area contributed by atoms with Gasteiger partial charge in [-0.2, -0.15) is 0 Å². The van der Waals surface area contributed by atoms with E-state index in [0.29, 0.717) is 19.0 Å². The molecule has 0 radical (unpaired) electrons. The van der Waals surface area contributed by atoms with Gasteiger partial charge in [0, 0.05) is 72.6 Å². The third-order valence-electron chi connectivity index (χ3n) is 7.17. The number of morpholine rings is 1. The molecule has 194 valence electrons. The van der Waals surface area contributed by atoms with Crippen molar-refractivity contribution >= 4 is 11.4 Å². The van der Waals surface area contributed by atoms with Crippen LogP contribution in [-0.2, 0) is 11.2 Å². The van der Waals surface area contributed by atoms with Gasteiger partial charge in [-0.25, -0.2) is 4.98 Å². The summed E-state index contributed by atoms with van der Waals surface area (Å²) in [6, 6.07) is 20.1. The van der Waals surface area contributed by atoms with Crippen molar-refractivity contribution in [2.45, 2.75) is 25.5 Å². The Morgan fingerprint density at radius 1 is 1.13 bits per heavy atom. The second-order valence-electron chi connectivity index (χ2n) is 9.65. The number of fused-ring (bicyclic) bond motifs is 2. The lowest BCUT2D eigenvalue weighted by Crippen LogP contribution is -2.39. The number of aromatic amines is 1. The first-order chi connectivity index (χ1) is 18.6. The first-order valence-electron chi connectivity index (χ1n) is 12.8. The van der Waals surface area contributed by atoms with Crippen molar-refractivity contribution in [2.24, 2.45) is 0 Å². The second-order valence-corrected chi connectivity index (χ2v) is 9.65. The minimum Gasteiger partial charge on any atom is -0.481 e. The number of hydrogen-bond donors (Lipinski definition) is 2. The highest BCUT2D eigenvalue weighted by Crippen LogP contribution is 2.43. The Morgan fingerprint density at radius 2 is 2.05 bits per heavy atom. The minimum absolute atomic E-state index is 0.0833. The second kappa shape index (κ2) is 10.2. The average Bonchev–Trinajstić information content (AvgIpc) is 2.96. The van der Waals surface area contributed by atoms with Crippen molar-refractivity contribution in [1.82, 2.24) is 9.97 Å². The van der Waals surface area contributed by atoms with E-state index < -0.39 is 0 Å². The summed E-state index contributed by atoms with van der Waals surface area (Å²) in [5, 5.41) is 3.58. The van der Waals surface area contributed by atoms with Gasteiger partial charge in [-0.15, -0.1) is 0 Å². The van der Waals surface area contributed by atoms with Gasteiger partial charge in [0.15, 0.2) is 0 Å². The molecule has 2 aromatic heterocycles.